The molecule has 2 N–H and O–H groups in total. The Bertz CT molecular complexity index is 798. The molecule has 1 unspecified atom stereocenters. The normalized spacial score (nSPS) is 11.4. The lowest BCUT2D eigenvalue weighted by Gasteiger charge is -2.15. The van der Waals surface area contributed by atoms with Gasteiger partial charge in [0.05, 0.1) is 0 Å². The van der Waals surface area contributed by atoms with Crippen molar-refractivity contribution in [2.24, 2.45) is 0 Å². The van der Waals surface area contributed by atoms with Crippen LogP contribution in [0.1, 0.15) is 32.8 Å². The first-order valence-electron chi connectivity index (χ1n) is 8.77. The van der Waals surface area contributed by atoms with Crippen molar-refractivity contribution in [1.82, 2.24) is 0 Å². The number of ketones is 1. The molecule has 142 valence electrons. The Morgan fingerprint density at radius 3 is 1.96 bits per heavy atom. The molecular weight excluding hydrogens is 344 g/mol. The number of amides is 2. The zero-order chi connectivity index (χ0) is 19.8. The summed E-state index contributed by atoms with van der Waals surface area (Å²) in [6, 6.07) is 14.2. The van der Waals surface area contributed by atoms with E-state index in [2.05, 4.69) is 10.6 Å². The summed E-state index contributed by atoms with van der Waals surface area (Å²) in [5.41, 5.74) is 2.33. The minimum atomic E-state index is -0.678. The Labute approximate surface area is 158 Å². The van der Waals surface area contributed by atoms with E-state index >= 15 is 0 Å². The fourth-order valence-electron chi connectivity index (χ4n) is 2.40. The summed E-state index contributed by atoms with van der Waals surface area (Å²) in [5.74, 6) is 0.319. The quantitative estimate of drug-likeness (QED) is 0.746. The smallest absolute Gasteiger partial charge is 0.265 e. The summed E-state index contributed by atoms with van der Waals surface area (Å²) in [6.45, 7) is 4.68. The molecule has 0 fully saturated rings. The lowest BCUT2D eigenvalue weighted by Crippen LogP contribution is -2.30. The molecule has 6 heteroatoms. The highest BCUT2D eigenvalue weighted by atomic mass is 16.5. The van der Waals surface area contributed by atoms with Crippen LogP contribution in [0.15, 0.2) is 48.5 Å². The van der Waals surface area contributed by atoms with Gasteiger partial charge < -0.3 is 20.2 Å². The third-order valence-corrected chi connectivity index (χ3v) is 3.84. The molecule has 0 radical (unpaired) electrons. The van der Waals surface area contributed by atoms with Crippen LogP contribution in [-0.2, 0) is 20.8 Å². The molecule has 6 nitrogen and oxygen atoms in total. The topological polar surface area (TPSA) is 84.5 Å². The maximum absolute atomic E-state index is 12.3. The minimum Gasteiger partial charge on any atom is -0.481 e. The van der Waals surface area contributed by atoms with E-state index in [1.807, 2.05) is 12.1 Å². The van der Waals surface area contributed by atoms with E-state index in [4.69, 9.17) is 4.74 Å². The van der Waals surface area contributed by atoms with Crippen LogP contribution >= 0.6 is 0 Å². The van der Waals surface area contributed by atoms with Crippen molar-refractivity contribution in [3.8, 4) is 5.75 Å². The van der Waals surface area contributed by atoms with Gasteiger partial charge in [-0.2, -0.15) is 0 Å². The number of carbonyl (C=O) groups is 3. The van der Waals surface area contributed by atoms with Gasteiger partial charge >= 0.3 is 0 Å². The minimum absolute atomic E-state index is 0.152. The Balaban J connectivity index is 1.87. The fraction of sp³-hybridized carbons (Fsp3) is 0.286. The second kappa shape index (κ2) is 9.52. The van der Waals surface area contributed by atoms with Crippen LogP contribution in [0.5, 0.6) is 5.75 Å². The number of hydrogen-bond acceptors (Lipinski definition) is 4. The van der Waals surface area contributed by atoms with Crippen molar-refractivity contribution in [3.05, 3.63) is 54.1 Å². The number of anilines is 2. The Morgan fingerprint density at radius 2 is 1.44 bits per heavy atom. The molecule has 27 heavy (non-hydrogen) atoms. The van der Waals surface area contributed by atoms with Gasteiger partial charge in [-0.15, -0.1) is 0 Å². The molecule has 0 aromatic heterocycles. The molecule has 1 atom stereocenters. The van der Waals surface area contributed by atoms with E-state index in [0.717, 1.165) is 5.56 Å². The Morgan fingerprint density at radius 1 is 0.889 bits per heavy atom. The van der Waals surface area contributed by atoms with Crippen molar-refractivity contribution in [2.45, 2.75) is 39.7 Å². The molecular formula is C21H24N2O4. The van der Waals surface area contributed by atoms with Gasteiger partial charge in [0.1, 0.15) is 11.5 Å². The van der Waals surface area contributed by atoms with E-state index in [0.29, 0.717) is 30.0 Å². The zero-order valence-corrected chi connectivity index (χ0v) is 15.7. The van der Waals surface area contributed by atoms with Crippen molar-refractivity contribution >= 4 is 29.0 Å². The molecule has 0 saturated carbocycles. The Hall–Kier alpha value is -3.15. The van der Waals surface area contributed by atoms with Crippen LogP contribution in [0, 0.1) is 0 Å². The van der Waals surface area contributed by atoms with Crippen LogP contribution in [0.25, 0.3) is 0 Å². The number of aryl methyl sites for hydroxylation is 1. The van der Waals surface area contributed by atoms with Gasteiger partial charge in [-0.3, -0.25) is 9.59 Å². The standard InChI is InChI=1S/C21H24N2O4/c1-14(24)4-5-17-6-12-20(13-7-17)27-15(2)21(26)23-19-10-8-18(9-11-19)22-16(3)25/h6-13,15H,4-5H2,1-3H3,(H,22,25)(H,23,26). The summed E-state index contributed by atoms with van der Waals surface area (Å²) in [7, 11) is 0. The molecule has 0 heterocycles. The SMILES string of the molecule is CC(=O)CCc1ccc(OC(C)C(=O)Nc2ccc(NC(C)=O)cc2)cc1. The van der Waals surface area contributed by atoms with Gasteiger partial charge in [-0.25, -0.2) is 0 Å². The molecule has 0 aliphatic heterocycles. The molecule has 0 aliphatic rings. The lowest BCUT2D eigenvalue weighted by molar-refractivity contribution is -0.122. The monoisotopic (exact) mass is 368 g/mol. The molecule has 2 aromatic carbocycles. The van der Waals surface area contributed by atoms with Crippen molar-refractivity contribution < 1.29 is 19.1 Å². The highest BCUT2D eigenvalue weighted by molar-refractivity contribution is 5.94. The lowest BCUT2D eigenvalue weighted by atomic mass is 10.1. The van der Waals surface area contributed by atoms with E-state index < -0.39 is 6.10 Å². The van der Waals surface area contributed by atoms with Gasteiger partial charge in [0.2, 0.25) is 5.91 Å². The van der Waals surface area contributed by atoms with Gasteiger partial charge in [0.15, 0.2) is 6.10 Å². The molecule has 2 aromatic rings. The third kappa shape index (κ3) is 6.93. The molecule has 2 amide bonds. The van der Waals surface area contributed by atoms with Gasteiger partial charge in [-0.05, 0) is 62.2 Å². The number of ether oxygens (including phenoxy) is 1. The van der Waals surface area contributed by atoms with Crippen molar-refractivity contribution in [2.75, 3.05) is 10.6 Å². The molecule has 0 aliphatic carbocycles. The molecule has 0 bridgehead atoms. The number of Topliss-reactive ketones (excluding diaryl/α,β-unsaturated/α-hetero) is 1. The van der Waals surface area contributed by atoms with Crippen LogP contribution in [0.3, 0.4) is 0 Å². The van der Waals surface area contributed by atoms with Crippen molar-refractivity contribution in [1.29, 1.82) is 0 Å². The van der Waals surface area contributed by atoms with Crippen LogP contribution in [0.2, 0.25) is 0 Å². The number of nitrogens with one attached hydrogen (secondary N) is 2. The van der Waals surface area contributed by atoms with E-state index in [1.165, 1.54) is 6.92 Å². The van der Waals surface area contributed by atoms with E-state index in [-0.39, 0.29) is 17.6 Å². The summed E-state index contributed by atoms with van der Waals surface area (Å²) >= 11 is 0. The predicted octanol–water partition coefficient (Wildman–Crippen LogP) is 3.57. The highest BCUT2D eigenvalue weighted by Crippen LogP contribution is 2.17. The van der Waals surface area contributed by atoms with E-state index in [9.17, 15) is 14.4 Å². The summed E-state index contributed by atoms with van der Waals surface area (Å²) < 4.78 is 5.67. The maximum Gasteiger partial charge on any atom is 0.265 e. The predicted molar refractivity (Wildman–Crippen MR) is 105 cm³/mol. The highest BCUT2D eigenvalue weighted by Gasteiger charge is 2.15. The molecule has 2 rings (SSSR count). The second-order valence-electron chi connectivity index (χ2n) is 6.35. The zero-order valence-electron chi connectivity index (χ0n) is 15.7. The van der Waals surface area contributed by atoms with Gasteiger partial charge in [0, 0.05) is 24.7 Å². The van der Waals surface area contributed by atoms with Crippen molar-refractivity contribution in [3.63, 3.8) is 0 Å². The van der Waals surface area contributed by atoms with Crippen LogP contribution in [0.4, 0.5) is 11.4 Å². The Kier molecular flexibility index (Phi) is 7.11. The average Bonchev–Trinajstić information content (AvgIpc) is 2.62. The second-order valence-corrected chi connectivity index (χ2v) is 6.35. The van der Waals surface area contributed by atoms with Crippen LogP contribution in [-0.4, -0.2) is 23.7 Å². The number of carbonyl (C=O) groups excluding carboxylic acids is 3. The maximum atomic E-state index is 12.3. The van der Waals surface area contributed by atoms with Gasteiger partial charge in [-0.1, -0.05) is 12.1 Å². The van der Waals surface area contributed by atoms with E-state index in [1.54, 1.807) is 50.2 Å². The van der Waals surface area contributed by atoms with Gasteiger partial charge in [0.25, 0.3) is 5.91 Å². The number of rotatable bonds is 8. The average molecular weight is 368 g/mol. The third-order valence-electron chi connectivity index (χ3n) is 3.84. The summed E-state index contributed by atoms with van der Waals surface area (Å²) in [6.07, 6.45) is 0.531. The molecule has 0 saturated heterocycles. The number of hydrogen-bond donors (Lipinski definition) is 2. The fourth-order valence-corrected chi connectivity index (χ4v) is 2.40. The number of benzene rings is 2. The first-order chi connectivity index (χ1) is 12.8. The first kappa shape index (κ1) is 20.2. The van der Waals surface area contributed by atoms with Crippen LogP contribution < -0.4 is 15.4 Å². The molecule has 0 spiro atoms. The largest absolute Gasteiger partial charge is 0.481 e. The summed E-state index contributed by atoms with van der Waals surface area (Å²) in [5, 5.41) is 5.44. The first-order valence-corrected chi connectivity index (χ1v) is 8.77. The summed E-state index contributed by atoms with van der Waals surface area (Å²) in [4.78, 5) is 34.3.